The fourth-order valence-corrected chi connectivity index (χ4v) is 3.72. The van der Waals surface area contributed by atoms with Crippen molar-refractivity contribution in [3.63, 3.8) is 0 Å². The number of pyridine rings is 1. The summed E-state index contributed by atoms with van der Waals surface area (Å²) in [6, 6.07) is 17.7. The molecule has 4 rings (SSSR count). The van der Waals surface area contributed by atoms with E-state index in [0.717, 1.165) is 0 Å². The van der Waals surface area contributed by atoms with Crippen molar-refractivity contribution in [3.8, 4) is 17.2 Å². The largest absolute Gasteiger partial charge is 0.494 e. The van der Waals surface area contributed by atoms with Crippen molar-refractivity contribution in [2.75, 3.05) is 26.1 Å². The molecule has 0 aliphatic carbocycles. The number of anilines is 1. The van der Waals surface area contributed by atoms with Gasteiger partial charge < -0.3 is 19.5 Å². The molecule has 0 atom stereocenters. The molecule has 0 unspecified atom stereocenters. The van der Waals surface area contributed by atoms with Gasteiger partial charge in [-0.2, -0.15) is 0 Å². The number of hydrogen-bond donors (Lipinski definition) is 1. The molecular formula is C26H25N3O5. The summed E-state index contributed by atoms with van der Waals surface area (Å²) >= 11 is 0. The lowest BCUT2D eigenvalue weighted by molar-refractivity contribution is -0.137. The van der Waals surface area contributed by atoms with E-state index in [9.17, 15) is 9.59 Å². The van der Waals surface area contributed by atoms with Crippen LogP contribution in [-0.4, -0.2) is 42.5 Å². The summed E-state index contributed by atoms with van der Waals surface area (Å²) in [6.07, 6.45) is 1.63. The van der Waals surface area contributed by atoms with Crippen molar-refractivity contribution >= 4 is 23.1 Å². The van der Waals surface area contributed by atoms with Crippen LogP contribution in [0.2, 0.25) is 0 Å². The van der Waals surface area contributed by atoms with Crippen molar-refractivity contribution in [2.24, 2.45) is 0 Å². The fraction of sp³-hybridized carbons (Fsp3) is 0.192. The van der Waals surface area contributed by atoms with E-state index in [1.54, 1.807) is 48.7 Å². The van der Waals surface area contributed by atoms with Gasteiger partial charge in [-0.3, -0.25) is 19.5 Å². The normalized spacial score (nSPS) is 13.3. The Morgan fingerprint density at radius 1 is 0.912 bits per heavy atom. The van der Waals surface area contributed by atoms with Crippen molar-refractivity contribution < 1.29 is 23.8 Å². The maximum atomic E-state index is 13.5. The van der Waals surface area contributed by atoms with Crippen molar-refractivity contribution in [1.82, 2.24) is 9.88 Å². The van der Waals surface area contributed by atoms with Crippen LogP contribution in [0.1, 0.15) is 18.2 Å². The van der Waals surface area contributed by atoms with E-state index in [1.807, 2.05) is 25.1 Å². The summed E-state index contributed by atoms with van der Waals surface area (Å²) in [5, 5.41) is 3.15. The molecular weight excluding hydrogens is 434 g/mol. The number of aromatic nitrogens is 1. The lowest BCUT2D eigenvalue weighted by atomic mass is 10.0. The van der Waals surface area contributed by atoms with Crippen molar-refractivity contribution in [1.29, 1.82) is 0 Å². The lowest BCUT2D eigenvalue weighted by Gasteiger charge is -2.15. The van der Waals surface area contributed by atoms with Crippen LogP contribution in [0.3, 0.4) is 0 Å². The number of nitrogens with zero attached hydrogens (tertiary/aromatic N) is 2. The maximum Gasteiger partial charge on any atom is 0.278 e. The molecule has 1 N–H and O–H groups in total. The molecule has 2 aromatic carbocycles. The third-order valence-corrected chi connectivity index (χ3v) is 5.30. The van der Waals surface area contributed by atoms with Gasteiger partial charge in [-0.25, -0.2) is 0 Å². The quantitative estimate of drug-likeness (QED) is 0.486. The summed E-state index contributed by atoms with van der Waals surface area (Å²) < 4.78 is 16.3. The van der Waals surface area contributed by atoms with Crippen LogP contribution in [-0.2, 0) is 16.1 Å². The second kappa shape index (κ2) is 10.1. The Morgan fingerprint density at radius 3 is 2.44 bits per heavy atom. The second-order valence-corrected chi connectivity index (χ2v) is 7.42. The van der Waals surface area contributed by atoms with Gasteiger partial charge in [-0.15, -0.1) is 0 Å². The number of carbonyl (C=O) groups excluding carboxylic acids is 2. The number of amides is 2. The highest BCUT2D eigenvalue weighted by atomic mass is 16.5. The molecule has 1 aliphatic rings. The summed E-state index contributed by atoms with van der Waals surface area (Å²) in [4.78, 5) is 32.4. The first-order chi connectivity index (χ1) is 16.5. The first-order valence-electron chi connectivity index (χ1n) is 10.8. The van der Waals surface area contributed by atoms with E-state index in [4.69, 9.17) is 14.2 Å². The molecule has 0 bridgehead atoms. The Morgan fingerprint density at radius 2 is 1.74 bits per heavy atom. The molecule has 1 aromatic heterocycles. The lowest BCUT2D eigenvalue weighted by Crippen LogP contribution is -2.32. The summed E-state index contributed by atoms with van der Waals surface area (Å²) in [5.41, 5.74) is 2.17. The number of ether oxygens (including phenoxy) is 3. The zero-order valence-corrected chi connectivity index (χ0v) is 19.2. The van der Waals surface area contributed by atoms with E-state index in [1.165, 1.54) is 19.1 Å². The maximum absolute atomic E-state index is 13.5. The smallest absolute Gasteiger partial charge is 0.278 e. The van der Waals surface area contributed by atoms with Gasteiger partial charge in [0.25, 0.3) is 11.8 Å². The number of nitrogens with one attached hydrogen (secondary N) is 1. The van der Waals surface area contributed by atoms with Gasteiger partial charge in [0.2, 0.25) is 0 Å². The van der Waals surface area contributed by atoms with Crippen LogP contribution in [0.4, 0.5) is 5.69 Å². The molecule has 0 spiro atoms. The van der Waals surface area contributed by atoms with Gasteiger partial charge in [0, 0.05) is 18.0 Å². The number of carbonyl (C=O) groups is 2. The molecule has 2 heterocycles. The average molecular weight is 460 g/mol. The van der Waals surface area contributed by atoms with Crippen LogP contribution in [0.15, 0.2) is 72.6 Å². The Hall–Kier alpha value is -4.33. The average Bonchev–Trinajstić information content (AvgIpc) is 3.09. The predicted octanol–water partition coefficient (Wildman–Crippen LogP) is 3.89. The monoisotopic (exact) mass is 459 g/mol. The van der Waals surface area contributed by atoms with Gasteiger partial charge in [-0.05, 0) is 48.9 Å². The molecule has 0 fully saturated rings. The van der Waals surface area contributed by atoms with Crippen LogP contribution in [0.25, 0.3) is 5.57 Å². The van der Waals surface area contributed by atoms with Crippen LogP contribution >= 0.6 is 0 Å². The molecule has 174 valence electrons. The zero-order valence-electron chi connectivity index (χ0n) is 19.2. The van der Waals surface area contributed by atoms with Crippen LogP contribution < -0.4 is 19.5 Å². The second-order valence-electron chi connectivity index (χ2n) is 7.42. The van der Waals surface area contributed by atoms with Gasteiger partial charge in [0.1, 0.15) is 11.4 Å². The summed E-state index contributed by atoms with van der Waals surface area (Å²) in [5.74, 6) is 0.762. The highest BCUT2D eigenvalue weighted by molar-refractivity contribution is 6.36. The summed E-state index contributed by atoms with van der Waals surface area (Å²) in [7, 11) is 3.05. The number of methoxy groups -OCH3 is 2. The number of imide groups is 1. The molecule has 0 saturated carbocycles. The standard InChI is InChI=1S/C26H25N3O5/c1-4-34-20-10-7-9-18(15-20)28-24-23(17-11-12-21(32-2)22(14-17)33-3)25(30)29(26(24)31)16-19-8-5-6-13-27-19/h5-15,28H,4,16H2,1-3H3. The molecule has 0 saturated heterocycles. The third-order valence-electron chi connectivity index (χ3n) is 5.30. The Balaban J connectivity index is 1.77. The molecule has 3 aromatic rings. The van der Waals surface area contributed by atoms with Crippen molar-refractivity contribution in [2.45, 2.75) is 13.5 Å². The van der Waals surface area contributed by atoms with E-state index < -0.39 is 11.8 Å². The summed E-state index contributed by atoms with van der Waals surface area (Å²) in [6.45, 7) is 2.46. The Bertz CT molecular complexity index is 1240. The van der Waals surface area contributed by atoms with Crippen LogP contribution in [0, 0.1) is 0 Å². The van der Waals surface area contributed by atoms with E-state index >= 15 is 0 Å². The number of hydrogen-bond acceptors (Lipinski definition) is 7. The zero-order chi connectivity index (χ0) is 24.1. The topological polar surface area (TPSA) is 90.0 Å². The van der Waals surface area contributed by atoms with Gasteiger partial charge >= 0.3 is 0 Å². The van der Waals surface area contributed by atoms with Crippen molar-refractivity contribution in [3.05, 3.63) is 83.8 Å². The Kier molecular flexibility index (Phi) is 6.77. The molecule has 1 aliphatic heterocycles. The number of rotatable bonds is 9. The van der Waals surface area contributed by atoms with E-state index in [0.29, 0.717) is 40.8 Å². The minimum Gasteiger partial charge on any atom is -0.494 e. The SMILES string of the molecule is CCOc1cccc(NC2=C(c3ccc(OC)c(OC)c3)C(=O)N(Cc3ccccn3)C2=O)c1. The van der Waals surface area contributed by atoms with E-state index in [2.05, 4.69) is 10.3 Å². The van der Waals surface area contributed by atoms with Gasteiger partial charge in [-0.1, -0.05) is 18.2 Å². The molecule has 8 heteroatoms. The van der Waals surface area contributed by atoms with Gasteiger partial charge in [0.15, 0.2) is 11.5 Å². The highest BCUT2D eigenvalue weighted by Gasteiger charge is 2.39. The predicted molar refractivity (Wildman–Crippen MR) is 127 cm³/mol. The first kappa shape index (κ1) is 22.8. The first-order valence-corrected chi connectivity index (χ1v) is 10.8. The molecule has 34 heavy (non-hydrogen) atoms. The van der Waals surface area contributed by atoms with Crippen LogP contribution in [0.5, 0.6) is 17.2 Å². The van der Waals surface area contributed by atoms with E-state index in [-0.39, 0.29) is 17.8 Å². The minimum absolute atomic E-state index is 0.0550. The third kappa shape index (κ3) is 4.56. The molecule has 2 amide bonds. The minimum atomic E-state index is -0.442. The highest BCUT2D eigenvalue weighted by Crippen LogP contribution is 2.36. The number of benzene rings is 2. The van der Waals surface area contributed by atoms with Gasteiger partial charge in [0.05, 0.1) is 38.6 Å². The molecule has 0 radical (unpaired) electrons. The molecule has 8 nitrogen and oxygen atoms in total. The fourth-order valence-electron chi connectivity index (χ4n) is 3.72. The Labute approximate surface area is 197 Å².